The van der Waals surface area contributed by atoms with Crippen molar-refractivity contribution in [2.24, 2.45) is 0 Å². The van der Waals surface area contributed by atoms with Crippen molar-refractivity contribution < 1.29 is 9.53 Å². The summed E-state index contributed by atoms with van der Waals surface area (Å²) >= 11 is 0. The van der Waals surface area contributed by atoms with Crippen LogP contribution in [0.25, 0.3) is 5.69 Å². The second-order valence-corrected chi connectivity index (χ2v) is 4.94. The zero-order chi connectivity index (χ0) is 14.5. The number of nitrogens with zero attached hydrogens (tertiary/aromatic N) is 2. The van der Waals surface area contributed by atoms with Gasteiger partial charge >= 0.3 is 0 Å². The number of rotatable bonds is 4. The number of anilines is 1. The Hall–Kier alpha value is -2.18. The lowest BCUT2D eigenvalue weighted by Gasteiger charge is -2.23. The third-order valence-electron chi connectivity index (χ3n) is 3.38. The summed E-state index contributed by atoms with van der Waals surface area (Å²) in [6.45, 7) is 2.22. The van der Waals surface area contributed by atoms with Gasteiger partial charge in [0.25, 0.3) is 0 Å². The summed E-state index contributed by atoms with van der Waals surface area (Å²) in [5, 5.41) is 6.17. The molecule has 6 heteroatoms. The molecule has 1 saturated heterocycles. The molecule has 2 heterocycles. The summed E-state index contributed by atoms with van der Waals surface area (Å²) in [6.07, 6.45) is 5.56. The van der Waals surface area contributed by atoms with Gasteiger partial charge in [0, 0.05) is 25.5 Å². The van der Waals surface area contributed by atoms with Crippen LogP contribution in [-0.2, 0) is 9.53 Å². The Kier molecular flexibility index (Phi) is 4.28. The molecule has 6 nitrogen and oxygen atoms in total. The molecule has 1 fully saturated rings. The molecule has 0 spiro atoms. The minimum absolute atomic E-state index is 0.0451. The first-order chi connectivity index (χ1) is 10.3. The fourth-order valence-corrected chi connectivity index (χ4v) is 2.36. The summed E-state index contributed by atoms with van der Waals surface area (Å²) in [4.78, 5) is 16.2. The van der Waals surface area contributed by atoms with Crippen LogP contribution >= 0.6 is 0 Å². The Balaban J connectivity index is 1.68. The van der Waals surface area contributed by atoms with E-state index in [1.807, 2.05) is 35.0 Å². The minimum Gasteiger partial charge on any atom is -0.375 e. The number of morpholine rings is 1. The first kappa shape index (κ1) is 13.8. The van der Waals surface area contributed by atoms with Crippen molar-refractivity contribution in [3.05, 3.63) is 43.0 Å². The van der Waals surface area contributed by atoms with E-state index in [-0.39, 0.29) is 12.0 Å². The molecule has 1 unspecified atom stereocenters. The molecule has 1 aromatic carbocycles. The normalized spacial score (nSPS) is 18.4. The average molecular weight is 286 g/mol. The highest BCUT2D eigenvalue weighted by Gasteiger charge is 2.18. The predicted octanol–water partition coefficient (Wildman–Crippen LogP) is 1.19. The molecule has 1 aromatic heterocycles. The second kappa shape index (κ2) is 6.51. The average Bonchev–Trinajstić information content (AvgIpc) is 3.03. The third-order valence-corrected chi connectivity index (χ3v) is 3.38. The topological polar surface area (TPSA) is 68.2 Å². The Bertz CT molecular complexity index is 591. The van der Waals surface area contributed by atoms with Gasteiger partial charge in [-0.05, 0) is 12.1 Å². The van der Waals surface area contributed by atoms with Crippen LogP contribution in [0, 0.1) is 0 Å². The SMILES string of the molecule is O=C(CC1CNCCO1)Nc1ccccc1-n1ccnc1. The van der Waals surface area contributed by atoms with Crippen LogP contribution in [0.15, 0.2) is 43.0 Å². The van der Waals surface area contributed by atoms with Crippen molar-refractivity contribution in [3.8, 4) is 5.69 Å². The number of hydrogen-bond donors (Lipinski definition) is 2. The second-order valence-electron chi connectivity index (χ2n) is 4.94. The van der Waals surface area contributed by atoms with E-state index < -0.39 is 0 Å². The van der Waals surface area contributed by atoms with E-state index in [0.29, 0.717) is 13.0 Å². The molecule has 1 amide bonds. The predicted molar refractivity (Wildman–Crippen MR) is 79.4 cm³/mol. The van der Waals surface area contributed by atoms with E-state index in [4.69, 9.17) is 4.74 Å². The number of hydrogen-bond acceptors (Lipinski definition) is 4. The number of amides is 1. The first-order valence-corrected chi connectivity index (χ1v) is 7.02. The summed E-state index contributed by atoms with van der Waals surface area (Å²) in [5.74, 6) is -0.0451. The molecule has 2 aromatic rings. The van der Waals surface area contributed by atoms with Gasteiger partial charge in [-0.3, -0.25) is 4.79 Å². The van der Waals surface area contributed by atoms with Gasteiger partial charge in [-0.1, -0.05) is 12.1 Å². The molecule has 0 radical (unpaired) electrons. The van der Waals surface area contributed by atoms with Crippen molar-refractivity contribution >= 4 is 11.6 Å². The number of carbonyl (C=O) groups is 1. The van der Waals surface area contributed by atoms with Crippen LogP contribution in [0.4, 0.5) is 5.69 Å². The quantitative estimate of drug-likeness (QED) is 0.886. The summed E-state index contributed by atoms with van der Waals surface area (Å²) in [6, 6.07) is 7.65. The number of para-hydroxylation sites is 2. The maximum absolute atomic E-state index is 12.2. The lowest BCUT2D eigenvalue weighted by atomic mass is 10.2. The summed E-state index contributed by atoms with van der Waals surface area (Å²) in [5.41, 5.74) is 1.66. The van der Waals surface area contributed by atoms with Gasteiger partial charge in [-0.25, -0.2) is 4.98 Å². The number of imidazole rings is 1. The van der Waals surface area contributed by atoms with E-state index in [0.717, 1.165) is 24.5 Å². The molecule has 0 aliphatic carbocycles. The van der Waals surface area contributed by atoms with E-state index in [2.05, 4.69) is 15.6 Å². The fourth-order valence-electron chi connectivity index (χ4n) is 2.36. The van der Waals surface area contributed by atoms with E-state index >= 15 is 0 Å². The van der Waals surface area contributed by atoms with Crippen LogP contribution in [0.5, 0.6) is 0 Å². The van der Waals surface area contributed by atoms with Gasteiger partial charge in [-0.2, -0.15) is 0 Å². The first-order valence-electron chi connectivity index (χ1n) is 7.02. The van der Waals surface area contributed by atoms with Crippen molar-refractivity contribution in [2.45, 2.75) is 12.5 Å². The lowest BCUT2D eigenvalue weighted by Crippen LogP contribution is -2.40. The monoisotopic (exact) mass is 286 g/mol. The van der Waals surface area contributed by atoms with Gasteiger partial charge in [0.2, 0.25) is 5.91 Å². The maximum atomic E-state index is 12.2. The number of nitrogens with one attached hydrogen (secondary N) is 2. The largest absolute Gasteiger partial charge is 0.375 e. The van der Waals surface area contributed by atoms with Crippen molar-refractivity contribution in [3.63, 3.8) is 0 Å². The third kappa shape index (κ3) is 3.48. The Labute approximate surface area is 123 Å². The molecule has 0 bridgehead atoms. The Morgan fingerprint density at radius 2 is 2.38 bits per heavy atom. The van der Waals surface area contributed by atoms with Gasteiger partial charge in [0.15, 0.2) is 0 Å². The highest BCUT2D eigenvalue weighted by Crippen LogP contribution is 2.20. The molecule has 1 aliphatic rings. The number of benzene rings is 1. The zero-order valence-electron chi connectivity index (χ0n) is 11.7. The molecule has 1 atom stereocenters. The molecule has 3 rings (SSSR count). The maximum Gasteiger partial charge on any atom is 0.227 e. The zero-order valence-corrected chi connectivity index (χ0v) is 11.7. The van der Waals surface area contributed by atoms with Crippen LogP contribution < -0.4 is 10.6 Å². The van der Waals surface area contributed by atoms with Crippen molar-refractivity contribution in [2.75, 3.05) is 25.0 Å². The highest BCUT2D eigenvalue weighted by molar-refractivity contribution is 5.93. The summed E-state index contributed by atoms with van der Waals surface area (Å²) in [7, 11) is 0. The van der Waals surface area contributed by atoms with Crippen LogP contribution in [0.2, 0.25) is 0 Å². The van der Waals surface area contributed by atoms with Gasteiger partial charge in [-0.15, -0.1) is 0 Å². The number of ether oxygens (including phenoxy) is 1. The summed E-state index contributed by atoms with van der Waals surface area (Å²) < 4.78 is 7.42. The van der Waals surface area contributed by atoms with E-state index in [1.54, 1.807) is 12.5 Å². The molecule has 110 valence electrons. The standard InChI is InChI=1S/C15H18N4O2/c20-15(9-12-10-16-6-8-21-12)18-13-3-1-2-4-14(13)19-7-5-17-11-19/h1-5,7,11-12,16H,6,8-10H2,(H,18,20). The molecule has 2 N–H and O–H groups in total. The fraction of sp³-hybridized carbons (Fsp3) is 0.333. The van der Waals surface area contributed by atoms with Crippen molar-refractivity contribution in [1.82, 2.24) is 14.9 Å². The number of carbonyl (C=O) groups excluding carboxylic acids is 1. The molecule has 1 aliphatic heterocycles. The minimum atomic E-state index is -0.0563. The van der Waals surface area contributed by atoms with Crippen molar-refractivity contribution in [1.29, 1.82) is 0 Å². The van der Waals surface area contributed by atoms with E-state index in [9.17, 15) is 4.79 Å². The number of aromatic nitrogens is 2. The van der Waals surface area contributed by atoms with Crippen LogP contribution in [0.3, 0.4) is 0 Å². The Morgan fingerprint density at radius 3 is 3.14 bits per heavy atom. The smallest absolute Gasteiger partial charge is 0.227 e. The van der Waals surface area contributed by atoms with Gasteiger partial charge in [0.1, 0.15) is 0 Å². The molecular formula is C15H18N4O2. The van der Waals surface area contributed by atoms with Gasteiger partial charge < -0.3 is 19.9 Å². The van der Waals surface area contributed by atoms with Crippen LogP contribution in [-0.4, -0.2) is 41.3 Å². The molecule has 0 saturated carbocycles. The van der Waals surface area contributed by atoms with Crippen LogP contribution in [0.1, 0.15) is 6.42 Å². The molecule has 21 heavy (non-hydrogen) atoms. The molecular weight excluding hydrogens is 268 g/mol. The van der Waals surface area contributed by atoms with E-state index in [1.165, 1.54) is 0 Å². The highest BCUT2D eigenvalue weighted by atomic mass is 16.5. The van der Waals surface area contributed by atoms with Gasteiger partial charge in [0.05, 0.1) is 36.8 Å². The Morgan fingerprint density at radius 1 is 1.48 bits per heavy atom. The lowest BCUT2D eigenvalue weighted by molar-refractivity contribution is -0.119.